The fourth-order valence-corrected chi connectivity index (χ4v) is 2.93. The van der Waals surface area contributed by atoms with E-state index in [0.29, 0.717) is 6.42 Å². The summed E-state index contributed by atoms with van der Waals surface area (Å²) in [6.07, 6.45) is 4.67. The predicted molar refractivity (Wildman–Crippen MR) is 77.2 cm³/mol. The van der Waals surface area contributed by atoms with E-state index in [0.717, 1.165) is 43.6 Å². The van der Waals surface area contributed by atoms with Crippen LogP contribution in [0.25, 0.3) is 0 Å². The molecule has 4 nitrogen and oxygen atoms in total. The van der Waals surface area contributed by atoms with Crippen molar-refractivity contribution in [2.75, 3.05) is 18.4 Å². The van der Waals surface area contributed by atoms with Crippen molar-refractivity contribution in [1.82, 2.24) is 5.32 Å². The van der Waals surface area contributed by atoms with Crippen molar-refractivity contribution in [1.29, 1.82) is 5.26 Å². The topological polar surface area (TPSA) is 64.9 Å². The zero-order chi connectivity index (χ0) is 14.0. The maximum Gasteiger partial charge on any atom is 0.228 e. The molecule has 0 unspecified atom stereocenters. The van der Waals surface area contributed by atoms with E-state index in [9.17, 15) is 4.79 Å². The molecule has 1 fully saturated rings. The van der Waals surface area contributed by atoms with E-state index in [1.165, 1.54) is 12.0 Å². The van der Waals surface area contributed by atoms with Gasteiger partial charge in [-0.3, -0.25) is 4.79 Å². The highest BCUT2D eigenvalue weighted by Crippen LogP contribution is 2.39. The van der Waals surface area contributed by atoms with Gasteiger partial charge in [0.05, 0.1) is 17.9 Å². The molecule has 1 heterocycles. The van der Waals surface area contributed by atoms with Crippen LogP contribution in [0.4, 0.5) is 5.69 Å². The molecule has 2 N–H and O–H groups in total. The first-order chi connectivity index (χ1) is 9.71. The number of benzene rings is 1. The molecule has 1 saturated carbocycles. The highest BCUT2D eigenvalue weighted by molar-refractivity contribution is 5.99. The van der Waals surface area contributed by atoms with Gasteiger partial charge in [-0.15, -0.1) is 0 Å². The Morgan fingerprint density at radius 2 is 2.25 bits per heavy atom. The molecule has 0 spiro atoms. The molecule has 2 aliphatic rings. The van der Waals surface area contributed by atoms with E-state index in [1.54, 1.807) is 0 Å². The summed E-state index contributed by atoms with van der Waals surface area (Å²) in [5, 5.41) is 15.4. The lowest BCUT2D eigenvalue weighted by Crippen LogP contribution is -2.39. The molecule has 4 heteroatoms. The summed E-state index contributed by atoms with van der Waals surface area (Å²) < 4.78 is 0. The zero-order valence-electron chi connectivity index (χ0n) is 11.5. The highest BCUT2D eigenvalue weighted by Gasteiger charge is 2.36. The van der Waals surface area contributed by atoms with Gasteiger partial charge in [-0.05, 0) is 43.0 Å². The summed E-state index contributed by atoms with van der Waals surface area (Å²) >= 11 is 0. The van der Waals surface area contributed by atoms with E-state index in [-0.39, 0.29) is 11.3 Å². The molecule has 20 heavy (non-hydrogen) atoms. The molecule has 1 aromatic carbocycles. The number of hydrogen-bond acceptors (Lipinski definition) is 3. The van der Waals surface area contributed by atoms with Crippen molar-refractivity contribution in [3.8, 4) is 6.07 Å². The number of fused-ring (bicyclic) bond motifs is 1. The maximum absolute atomic E-state index is 11.3. The zero-order valence-corrected chi connectivity index (χ0v) is 11.5. The van der Waals surface area contributed by atoms with Gasteiger partial charge in [0.1, 0.15) is 0 Å². The summed E-state index contributed by atoms with van der Waals surface area (Å²) in [7, 11) is 0. The molecule has 104 valence electrons. The molecule has 0 bridgehead atoms. The second-order valence-electron chi connectivity index (χ2n) is 5.89. The molecule has 1 aliphatic heterocycles. The second-order valence-corrected chi connectivity index (χ2v) is 5.89. The lowest BCUT2D eigenvalue weighted by atomic mass is 9.70. The van der Waals surface area contributed by atoms with Gasteiger partial charge in [-0.1, -0.05) is 18.6 Å². The Labute approximate surface area is 119 Å². The summed E-state index contributed by atoms with van der Waals surface area (Å²) in [5.41, 5.74) is 3.19. The van der Waals surface area contributed by atoms with Gasteiger partial charge in [0.15, 0.2) is 0 Å². The van der Waals surface area contributed by atoms with Crippen LogP contribution in [-0.4, -0.2) is 19.0 Å². The van der Waals surface area contributed by atoms with Crippen LogP contribution in [0.2, 0.25) is 0 Å². The van der Waals surface area contributed by atoms with Gasteiger partial charge in [-0.2, -0.15) is 5.26 Å². The van der Waals surface area contributed by atoms with Crippen molar-refractivity contribution >= 4 is 11.6 Å². The Bertz CT molecular complexity index is 570. The number of carbonyl (C=O) groups excluding carboxylic acids is 1. The minimum Gasteiger partial charge on any atom is -0.326 e. The third-order valence-corrected chi connectivity index (χ3v) is 4.40. The van der Waals surface area contributed by atoms with E-state index >= 15 is 0 Å². The summed E-state index contributed by atoms with van der Waals surface area (Å²) in [6, 6.07) is 8.60. The van der Waals surface area contributed by atoms with E-state index < -0.39 is 0 Å². The fourth-order valence-electron chi connectivity index (χ4n) is 2.93. The third-order valence-electron chi connectivity index (χ3n) is 4.40. The van der Waals surface area contributed by atoms with Crippen LogP contribution in [0.3, 0.4) is 0 Å². The Hall–Kier alpha value is -1.86. The molecular weight excluding hydrogens is 250 g/mol. The first kappa shape index (κ1) is 13.1. The average Bonchev–Trinajstić information content (AvgIpc) is 2.76. The summed E-state index contributed by atoms with van der Waals surface area (Å²) in [5.74, 6) is 0.0798. The number of hydrogen-bond donors (Lipinski definition) is 2. The standard InChI is InChI=1S/C16H19N3O/c17-10-16(5-1-6-16)11-18-7-4-12-2-3-14-13(8-12)9-15(20)19-14/h2-3,8,18H,1,4-7,9,11H2,(H,19,20). The average molecular weight is 269 g/mol. The molecule has 1 aliphatic carbocycles. The Morgan fingerprint density at radius 1 is 1.40 bits per heavy atom. The molecule has 0 radical (unpaired) electrons. The van der Waals surface area contributed by atoms with Crippen molar-refractivity contribution in [2.24, 2.45) is 5.41 Å². The highest BCUT2D eigenvalue weighted by atomic mass is 16.1. The van der Waals surface area contributed by atoms with Crippen LogP contribution in [0.15, 0.2) is 18.2 Å². The fraction of sp³-hybridized carbons (Fsp3) is 0.500. The summed E-state index contributed by atoms with van der Waals surface area (Å²) in [6.45, 7) is 1.68. The van der Waals surface area contributed by atoms with E-state index in [1.807, 2.05) is 6.07 Å². The molecule has 1 amide bonds. The van der Waals surface area contributed by atoms with Crippen LogP contribution in [0.5, 0.6) is 0 Å². The lowest BCUT2D eigenvalue weighted by molar-refractivity contribution is -0.115. The third kappa shape index (κ3) is 2.54. The molecule has 1 aromatic rings. The molecule has 0 saturated heterocycles. The maximum atomic E-state index is 11.3. The van der Waals surface area contributed by atoms with Crippen LogP contribution < -0.4 is 10.6 Å². The number of anilines is 1. The van der Waals surface area contributed by atoms with Gasteiger partial charge in [0.2, 0.25) is 5.91 Å². The SMILES string of the molecule is N#CC1(CNCCc2ccc3c(c2)CC(=O)N3)CCC1. The normalized spacial score (nSPS) is 18.9. The van der Waals surface area contributed by atoms with Gasteiger partial charge in [0, 0.05) is 12.2 Å². The van der Waals surface area contributed by atoms with Crippen LogP contribution in [-0.2, 0) is 17.6 Å². The Balaban J connectivity index is 1.49. The van der Waals surface area contributed by atoms with Crippen LogP contribution >= 0.6 is 0 Å². The second kappa shape index (κ2) is 5.26. The van der Waals surface area contributed by atoms with Crippen molar-refractivity contribution in [2.45, 2.75) is 32.1 Å². The minimum atomic E-state index is -0.103. The monoisotopic (exact) mass is 269 g/mol. The van der Waals surface area contributed by atoms with Gasteiger partial charge in [0.25, 0.3) is 0 Å². The van der Waals surface area contributed by atoms with E-state index in [2.05, 4.69) is 28.8 Å². The molecule has 0 aromatic heterocycles. The smallest absolute Gasteiger partial charge is 0.228 e. The lowest BCUT2D eigenvalue weighted by Gasteiger charge is -2.35. The number of amides is 1. The molecule has 0 atom stereocenters. The van der Waals surface area contributed by atoms with Crippen molar-refractivity contribution in [3.63, 3.8) is 0 Å². The van der Waals surface area contributed by atoms with Crippen molar-refractivity contribution < 1.29 is 4.79 Å². The predicted octanol–water partition coefficient (Wildman–Crippen LogP) is 2.01. The largest absolute Gasteiger partial charge is 0.326 e. The Morgan fingerprint density at radius 3 is 2.95 bits per heavy atom. The molecular formula is C16H19N3O. The number of rotatable bonds is 5. The minimum absolute atomic E-state index is 0.0798. The Kier molecular flexibility index (Phi) is 3.45. The first-order valence-corrected chi connectivity index (χ1v) is 7.24. The van der Waals surface area contributed by atoms with E-state index in [4.69, 9.17) is 5.26 Å². The number of nitrogens with zero attached hydrogens (tertiary/aromatic N) is 1. The van der Waals surface area contributed by atoms with Crippen LogP contribution in [0, 0.1) is 16.7 Å². The number of carbonyl (C=O) groups is 1. The number of nitriles is 1. The first-order valence-electron chi connectivity index (χ1n) is 7.24. The van der Waals surface area contributed by atoms with Crippen molar-refractivity contribution in [3.05, 3.63) is 29.3 Å². The summed E-state index contributed by atoms with van der Waals surface area (Å²) in [4.78, 5) is 11.3. The van der Waals surface area contributed by atoms with Crippen LogP contribution in [0.1, 0.15) is 30.4 Å². The van der Waals surface area contributed by atoms with Gasteiger partial charge < -0.3 is 10.6 Å². The number of nitrogens with one attached hydrogen (secondary N) is 2. The molecule has 3 rings (SSSR count). The van der Waals surface area contributed by atoms with Gasteiger partial charge >= 0.3 is 0 Å². The quantitative estimate of drug-likeness (QED) is 0.804. The van der Waals surface area contributed by atoms with Gasteiger partial charge in [-0.25, -0.2) is 0 Å².